The van der Waals surface area contributed by atoms with Crippen molar-refractivity contribution in [2.24, 2.45) is 0 Å². The molecule has 1 atom stereocenters. The van der Waals surface area contributed by atoms with Gasteiger partial charge in [0.25, 0.3) is 0 Å². The first kappa shape index (κ1) is 10.5. The van der Waals surface area contributed by atoms with Crippen molar-refractivity contribution in [3.63, 3.8) is 0 Å². The van der Waals surface area contributed by atoms with E-state index in [9.17, 15) is 4.79 Å². The molecule has 0 aromatic rings. The van der Waals surface area contributed by atoms with Crippen molar-refractivity contribution >= 4 is 5.91 Å². The lowest BCUT2D eigenvalue weighted by Gasteiger charge is -2.28. The summed E-state index contributed by atoms with van der Waals surface area (Å²) in [6, 6.07) is 0.236. The van der Waals surface area contributed by atoms with Crippen molar-refractivity contribution in [2.75, 3.05) is 0 Å². The second kappa shape index (κ2) is 2.98. The van der Waals surface area contributed by atoms with Gasteiger partial charge in [-0.1, -0.05) is 0 Å². The van der Waals surface area contributed by atoms with Gasteiger partial charge in [-0.25, -0.2) is 0 Å². The predicted molar refractivity (Wildman–Crippen MR) is 53.5 cm³/mol. The van der Waals surface area contributed by atoms with Crippen molar-refractivity contribution in [2.45, 2.75) is 58.2 Å². The number of hydrogen-bond donors (Lipinski definition) is 2. The summed E-state index contributed by atoms with van der Waals surface area (Å²) in [6.07, 6.45) is 0.986. The highest BCUT2D eigenvalue weighted by atomic mass is 16.1. The van der Waals surface area contributed by atoms with Gasteiger partial charge in [0.2, 0.25) is 5.91 Å². The zero-order chi connectivity index (χ0) is 10.3. The van der Waals surface area contributed by atoms with Crippen LogP contribution >= 0.6 is 0 Å². The largest absolute Gasteiger partial charge is 0.352 e. The van der Waals surface area contributed by atoms with Crippen molar-refractivity contribution in [1.82, 2.24) is 10.6 Å². The number of rotatable bonds is 1. The van der Waals surface area contributed by atoms with Crippen molar-refractivity contribution < 1.29 is 4.79 Å². The highest BCUT2D eigenvalue weighted by Gasteiger charge is 2.44. The summed E-state index contributed by atoms with van der Waals surface area (Å²) < 4.78 is 0. The first-order chi connectivity index (χ1) is 5.73. The van der Waals surface area contributed by atoms with E-state index in [2.05, 4.69) is 38.3 Å². The monoisotopic (exact) mass is 184 g/mol. The average Bonchev–Trinajstić information content (AvgIpc) is 1.98. The van der Waals surface area contributed by atoms with Gasteiger partial charge in [-0.3, -0.25) is 4.79 Å². The molecule has 0 radical (unpaired) electrons. The zero-order valence-electron chi connectivity index (χ0n) is 9.19. The third kappa shape index (κ3) is 2.44. The number of carbonyl (C=O) groups excluding carboxylic acids is 1. The summed E-state index contributed by atoms with van der Waals surface area (Å²) in [7, 11) is 0. The maximum Gasteiger partial charge on any atom is 0.217 e. The van der Waals surface area contributed by atoms with Crippen LogP contribution in [0, 0.1) is 0 Å². The highest BCUT2D eigenvalue weighted by molar-refractivity contribution is 5.73. The van der Waals surface area contributed by atoms with Crippen LogP contribution in [0.4, 0.5) is 0 Å². The van der Waals surface area contributed by atoms with Crippen LogP contribution in [0.5, 0.6) is 0 Å². The quantitative estimate of drug-likeness (QED) is 0.639. The first-order valence-corrected chi connectivity index (χ1v) is 4.79. The van der Waals surface area contributed by atoms with Crippen LogP contribution < -0.4 is 10.6 Å². The molecular formula is C10H20N2O. The third-order valence-corrected chi connectivity index (χ3v) is 2.62. The molecule has 1 amide bonds. The minimum Gasteiger partial charge on any atom is -0.352 e. The molecule has 0 unspecified atom stereocenters. The maximum atomic E-state index is 11.0. The van der Waals surface area contributed by atoms with Crippen molar-refractivity contribution in [1.29, 1.82) is 0 Å². The van der Waals surface area contributed by atoms with E-state index in [-0.39, 0.29) is 23.0 Å². The lowest BCUT2D eigenvalue weighted by molar-refractivity contribution is -0.119. The Balaban J connectivity index is 2.70. The fraction of sp³-hybridized carbons (Fsp3) is 0.900. The molecule has 0 saturated carbocycles. The lowest BCUT2D eigenvalue weighted by Crippen LogP contribution is -2.51. The summed E-state index contributed by atoms with van der Waals surface area (Å²) in [4.78, 5) is 11.0. The van der Waals surface area contributed by atoms with Gasteiger partial charge >= 0.3 is 0 Å². The van der Waals surface area contributed by atoms with Gasteiger partial charge in [0.1, 0.15) is 0 Å². The number of amides is 1. The van der Waals surface area contributed by atoms with Gasteiger partial charge in [-0.2, -0.15) is 0 Å². The Bertz CT molecular complexity index is 221. The molecular weight excluding hydrogens is 164 g/mol. The molecule has 1 saturated heterocycles. The SMILES string of the molecule is CC(=O)N[C@H]1CC(C)(C)NC1(C)C. The van der Waals surface area contributed by atoms with Crippen LogP contribution in [0.25, 0.3) is 0 Å². The zero-order valence-corrected chi connectivity index (χ0v) is 9.19. The molecule has 0 aromatic heterocycles. The standard InChI is InChI=1S/C10H20N2O/c1-7(13)11-8-6-9(2,3)12-10(8,4)5/h8,12H,6H2,1-5H3,(H,11,13)/t8-/m0/s1. The van der Waals surface area contributed by atoms with E-state index in [1.165, 1.54) is 0 Å². The Morgan fingerprint density at radius 1 is 1.38 bits per heavy atom. The average molecular weight is 184 g/mol. The number of nitrogens with one attached hydrogen (secondary N) is 2. The van der Waals surface area contributed by atoms with Crippen LogP contribution in [-0.2, 0) is 4.79 Å². The van der Waals surface area contributed by atoms with Crippen LogP contribution in [0.2, 0.25) is 0 Å². The Hall–Kier alpha value is -0.570. The molecule has 13 heavy (non-hydrogen) atoms. The Labute approximate surface area is 80.3 Å². The van der Waals surface area contributed by atoms with Gasteiger partial charge in [0.15, 0.2) is 0 Å². The van der Waals surface area contributed by atoms with E-state index in [0.29, 0.717) is 0 Å². The number of carbonyl (C=O) groups is 1. The third-order valence-electron chi connectivity index (χ3n) is 2.62. The Morgan fingerprint density at radius 2 is 1.92 bits per heavy atom. The molecule has 1 aliphatic rings. The summed E-state index contributed by atoms with van der Waals surface area (Å²) in [5, 5.41) is 6.50. The van der Waals surface area contributed by atoms with Crippen LogP contribution in [0.3, 0.4) is 0 Å². The second-order valence-electron chi connectivity index (χ2n) is 5.19. The number of hydrogen-bond acceptors (Lipinski definition) is 2. The Morgan fingerprint density at radius 3 is 2.23 bits per heavy atom. The fourth-order valence-electron chi connectivity index (χ4n) is 2.25. The van der Waals surface area contributed by atoms with E-state index < -0.39 is 0 Å². The molecule has 1 fully saturated rings. The van der Waals surface area contributed by atoms with Gasteiger partial charge in [-0.15, -0.1) is 0 Å². The predicted octanol–water partition coefficient (Wildman–Crippen LogP) is 1.04. The van der Waals surface area contributed by atoms with Gasteiger partial charge in [-0.05, 0) is 34.1 Å². The van der Waals surface area contributed by atoms with Gasteiger partial charge < -0.3 is 10.6 Å². The minimum atomic E-state index is -0.00479. The molecule has 0 aliphatic carbocycles. The maximum absolute atomic E-state index is 11.0. The van der Waals surface area contributed by atoms with E-state index in [1.54, 1.807) is 6.92 Å². The molecule has 2 N–H and O–H groups in total. The molecule has 0 bridgehead atoms. The van der Waals surface area contributed by atoms with E-state index in [4.69, 9.17) is 0 Å². The van der Waals surface area contributed by atoms with E-state index in [1.807, 2.05) is 0 Å². The molecule has 76 valence electrons. The Kier molecular flexibility index (Phi) is 2.41. The molecule has 1 rings (SSSR count). The minimum absolute atomic E-state index is 0.00479. The molecule has 1 aliphatic heterocycles. The van der Waals surface area contributed by atoms with E-state index >= 15 is 0 Å². The molecule has 3 nitrogen and oxygen atoms in total. The first-order valence-electron chi connectivity index (χ1n) is 4.79. The van der Waals surface area contributed by atoms with Gasteiger partial charge in [0.05, 0.1) is 0 Å². The lowest BCUT2D eigenvalue weighted by atomic mass is 9.94. The van der Waals surface area contributed by atoms with E-state index in [0.717, 1.165) is 6.42 Å². The summed E-state index contributed by atoms with van der Waals surface area (Å²) in [5.41, 5.74) is 0.117. The molecule has 1 heterocycles. The highest BCUT2D eigenvalue weighted by Crippen LogP contribution is 2.30. The summed E-state index contributed by atoms with van der Waals surface area (Å²) >= 11 is 0. The second-order valence-corrected chi connectivity index (χ2v) is 5.19. The topological polar surface area (TPSA) is 41.1 Å². The summed E-state index contributed by atoms with van der Waals surface area (Å²) in [6.45, 7) is 10.2. The van der Waals surface area contributed by atoms with Crippen LogP contribution in [-0.4, -0.2) is 23.0 Å². The smallest absolute Gasteiger partial charge is 0.217 e. The van der Waals surface area contributed by atoms with Crippen molar-refractivity contribution in [3.05, 3.63) is 0 Å². The van der Waals surface area contributed by atoms with Crippen LogP contribution in [0.15, 0.2) is 0 Å². The molecule has 3 heteroatoms. The van der Waals surface area contributed by atoms with Crippen molar-refractivity contribution in [3.8, 4) is 0 Å². The van der Waals surface area contributed by atoms with Gasteiger partial charge in [0, 0.05) is 24.0 Å². The molecule has 0 spiro atoms. The normalized spacial score (nSPS) is 30.1. The fourth-order valence-corrected chi connectivity index (χ4v) is 2.25. The van der Waals surface area contributed by atoms with Crippen LogP contribution in [0.1, 0.15) is 41.0 Å². The summed E-state index contributed by atoms with van der Waals surface area (Å²) in [5.74, 6) is 0.0533. The molecule has 0 aromatic carbocycles.